The van der Waals surface area contributed by atoms with Gasteiger partial charge in [-0.2, -0.15) is 0 Å². The first-order valence-electron chi connectivity index (χ1n) is 47.9. The highest BCUT2D eigenvalue weighted by molar-refractivity contribution is 5.81. The molecule has 4 fully saturated rings. The molecular weight excluding hydrogens is 1680 g/mol. The van der Waals surface area contributed by atoms with Crippen LogP contribution in [0.25, 0.3) is 0 Å². The highest BCUT2D eigenvalue weighted by Crippen LogP contribution is 2.43. The number of rotatable bonds is 74. The highest BCUT2D eigenvalue weighted by atomic mass is 16.7. The van der Waals surface area contributed by atoms with Crippen molar-refractivity contribution in [3.05, 3.63) is 0 Å². The van der Waals surface area contributed by atoms with Gasteiger partial charge in [0.2, 0.25) is 23.6 Å². The Kier molecular flexibility index (Phi) is 59.0. The van der Waals surface area contributed by atoms with Crippen molar-refractivity contribution in [2.24, 2.45) is 40.2 Å². The number of hydrogen-bond donors (Lipinski definition) is 14. The van der Waals surface area contributed by atoms with E-state index in [1.54, 1.807) is 13.8 Å². The minimum atomic E-state index is -1.34. The van der Waals surface area contributed by atoms with E-state index >= 15 is 0 Å². The SMILES string of the molecule is CC(=O)N[C@H]1C(O)C[C@](CC(C)(C)C)(OC=O)CC1C=NOCC(=O)NCCCCCCCCCCCCC(=O)NC(COCCC(=O)CCCCCC(=O)CCCCO[C@H]1OC(CO)[C@@H](O)C(C)[C@H]1C)(COCCC(=O)CCCCCC(=O)CCCCO[C@H]1OC(CO)[C@@H](O)C(O)[C@H]1C)COCCC(=O)NCCCNC(=O)CCCCO[C@H]1OC(CO)[C@@H](O)C(O)[C@H]1C. The predicted octanol–water partition coefficient (Wildman–Crippen LogP) is 5.96. The molecule has 3 saturated heterocycles. The smallest absolute Gasteiger partial charge is 0.293 e. The van der Waals surface area contributed by atoms with Crippen LogP contribution in [0.3, 0.4) is 0 Å². The number of carbonyl (C=O) groups excluding carboxylic acids is 10. The van der Waals surface area contributed by atoms with E-state index in [1.807, 2.05) is 34.6 Å². The number of oxime groups is 1. The van der Waals surface area contributed by atoms with Crippen molar-refractivity contribution in [2.45, 2.75) is 384 Å². The largest absolute Gasteiger partial charge is 0.461 e. The molecule has 5 amide bonds. The first-order chi connectivity index (χ1) is 61.7. The summed E-state index contributed by atoms with van der Waals surface area (Å²) in [6.45, 7) is 14.7. The average molecular weight is 1850 g/mol. The lowest BCUT2D eigenvalue weighted by atomic mass is 9.68. The molecule has 0 aromatic carbocycles. The molecule has 36 heteroatoms. The molecule has 9 unspecified atom stereocenters. The number of hydrogen-bond acceptors (Lipinski definition) is 31. The first-order valence-corrected chi connectivity index (χ1v) is 47.9. The minimum absolute atomic E-state index is 0.00269. The van der Waals surface area contributed by atoms with E-state index in [0.717, 1.165) is 57.8 Å². The fourth-order valence-electron chi connectivity index (χ4n) is 16.8. The second-order valence-corrected chi connectivity index (χ2v) is 37.3. The molecule has 0 bridgehead atoms. The number of nitrogens with one attached hydrogen (secondary N) is 5. The summed E-state index contributed by atoms with van der Waals surface area (Å²) in [5.41, 5.74) is -2.57. The van der Waals surface area contributed by atoms with E-state index in [0.29, 0.717) is 148 Å². The van der Waals surface area contributed by atoms with Gasteiger partial charge in [-0.1, -0.05) is 118 Å². The zero-order valence-corrected chi connectivity index (χ0v) is 78.6. The summed E-state index contributed by atoms with van der Waals surface area (Å²) in [6, 6.07) is -0.701. The standard InChI is InChI=1S/C93H164N6O30/c1-64-65(2)88(127-75(55-100)83(64)114)122-46-28-24-36-70(105)32-19-17-21-34-72(107)40-49-119-60-92(61-120-50-41-73(108)35-22-18-20-33-71(106)37-25-29-47-123-89-66(3)84(115)86(117)76(56-101)128-89,62-121-51-42-79(111)95-45-31-44-94-78(110)38-26-30-48-124-90-67(4)85(116)87(118)77(57-102)129-90)99-80(112)39-23-15-13-11-9-10-12-14-16-27-43-96-81(113)58-126-97-54-69-52-93(125-63-103,59-91(6,7)8)53-74(109)82(69)98-68(5)104/h54,63-67,69,74-77,82-90,100-102,109,114-118H,9-53,55-62H2,1-8H3,(H,94,110)(H,95,111)(H,96,113)(H,98,104)(H,99,112)/t64?,65-,66-,67-,69?,74?,75?,76?,77?,82-,83+,84?,85?,86-,87-,88+,89+,90+,92?,93-/m1/s1. The van der Waals surface area contributed by atoms with Gasteiger partial charge >= 0.3 is 0 Å². The van der Waals surface area contributed by atoms with E-state index in [1.165, 1.54) is 13.1 Å². The van der Waals surface area contributed by atoms with Gasteiger partial charge in [-0.05, 0) is 108 Å². The topological polar surface area (TPSA) is 527 Å². The van der Waals surface area contributed by atoms with E-state index in [-0.39, 0.29) is 200 Å². The second kappa shape index (κ2) is 65.8. The Morgan fingerprint density at radius 1 is 0.419 bits per heavy atom. The Labute approximate surface area is 764 Å². The van der Waals surface area contributed by atoms with Crippen LogP contribution in [0.2, 0.25) is 0 Å². The van der Waals surface area contributed by atoms with Crippen LogP contribution in [0.5, 0.6) is 0 Å². The molecule has 4 aliphatic rings. The third kappa shape index (κ3) is 47.8. The molecule has 0 spiro atoms. The Bertz CT molecular complexity index is 2970. The fourth-order valence-corrected chi connectivity index (χ4v) is 16.8. The van der Waals surface area contributed by atoms with Crippen LogP contribution in [0, 0.1) is 35.0 Å². The van der Waals surface area contributed by atoms with Gasteiger partial charge in [0.05, 0.1) is 89.9 Å². The molecule has 14 N–H and O–H groups in total. The molecule has 3 aliphatic heterocycles. The van der Waals surface area contributed by atoms with Crippen molar-refractivity contribution < 1.29 is 146 Å². The number of amides is 5. The molecule has 36 nitrogen and oxygen atoms in total. The van der Waals surface area contributed by atoms with Crippen molar-refractivity contribution >= 4 is 65.4 Å². The third-order valence-corrected chi connectivity index (χ3v) is 24.5. The molecule has 0 aromatic heterocycles. The number of Topliss-reactive ketones (excluding diaryl/α,β-unsaturated/α-hetero) is 4. The lowest BCUT2D eigenvalue weighted by Gasteiger charge is -2.47. The summed E-state index contributed by atoms with van der Waals surface area (Å²) in [4.78, 5) is 134. The van der Waals surface area contributed by atoms with E-state index < -0.39 is 122 Å². The van der Waals surface area contributed by atoms with Crippen LogP contribution >= 0.6 is 0 Å². The molecule has 129 heavy (non-hydrogen) atoms. The Morgan fingerprint density at radius 2 is 0.791 bits per heavy atom. The van der Waals surface area contributed by atoms with Crippen LogP contribution in [-0.2, 0) is 100 Å². The molecule has 1 aliphatic carbocycles. The maximum atomic E-state index is 14.1. The molecule has 3 heterocycles. The molecule has 4 rings (SSSR count). The van der Waals surface area contributed by atoms with Crippen molar-refractivity contribution in [3.8, 4) is 0 Å². The first kappa shape index (κ1) is 116. The maximum Gasteiger partial charge on any atom is 0.293 e. The number of unbranched alkanes of at least 4 members (excludes halogenated alkanes) is 16. The second-order valence-electron chi connectivity index (χ2n) is 37.3. The fraction of sp³-hybridized carbons (Fsp3) is 0.882. The number of carbonyl (C=O) groups is 10. The molecule has 0 radical (unpaired) electrons. The van der Waals surface area contributed by atoms with Crippen LogP contribution in [0.4, 0.5) is 0 Å². The van der Waals surface area contributed by atoms with Crippen LogP contribution in [0.1, 0.15) is 293 Å². The van der Waals surface area contributed by atoms with Gasteiger partial charge in [-0.15, -0.1) is 0 Å². The summed E-state index contributed by atoms with van der Waals surface area (Å²) in [6.07, 6.45) is 9.96. The summed E-state index contributed by atoms with van der Waals surface area (Å²) in [5, 5.41) is 110. The number of aliphatic hydroxyl groups excluding tert-OH is 9. The Hall–Kier alpha value is -5.75. The van der Waals surface area contributed by atoms with Crippen molar-refractivity contribution in [1.82, 2.24) is 26.6 Å². The molecule has 0 aromatic rings. The van der Waals surface area contributed by atoms with Gasteiger partial charge in [0.25, 0.3) is 12.4 Å². The molecule has 746 valence electrons. The summed E-state index contributed by atoms with van der Waals surface area (Å²) in [5.74, 6) is -3.17. The quantitative estimate of drug-likeness (QED) is 0.0145. The number of nitrogens with zero attached hydrogens (tertiary/aromatic N) is 1. The molecule has 1 saturated carbocycles. The molecule has 20 atom stereocenters. The zero-order valence-electron chi connectivity index (χ0n) is 78.6. The average Bonchev–Trinajstić information content (AvgIpc) is 0.779. The number of ether oxygens (including phenoxy) is 10. The van der Waals surface area contributed by atoms with Gasteiger partial charge in [0.15, 0.2) is 25.5 Å². The van der Waals surface area contributed by atoms with Crippen LogP contribution in [0.15, 0.2) is 5.16 Å². The van der Waals surface area contributed by atoms with Crippen LogP contribution < -0.4 is 26.6 Å². The Balaban J connectivity index is 1.28. The van der Waals surface area contributed by atoms with Crippen LogP contribution in [-0.4, -0.2) is 308 Å². The molecular formula is C93H164N6O30. The van der Waals surface area contributed by atoms with E-state index in [9.17, 15) is 93.9 Å². The lowest BCUT2D eigenvalue weighted by Crippen LogP contribution is -2.58. The monoisotopic (exact) mass is 1850 g/mol. The minimum Gasteiger partial charge on any atom is -0.461 e. The lowest BCUT2D eigenvalue weighted by molar-refractivity contribution is -0.282. The van der Waals surface area contributed by atoms with Gasteiger partial charge in [-0.25, -0.2) is 0 Å². The predicted molar refractivity (Wildman–Crippen MR) is 476 cm³/mol. The third-order valence-electron chi connectivity index (χ3n) is 24.5. The number of ketones is 4. The summed E-state index contributed by atoms with van der Waals surface area (Å²) in [7, 11) is 0. The highest BCUT2D eigenvalue weighted by Gasteiger charge is 2.50. The zero-order chi connectivity index (χ0) is 95.0. The Morgan fingerprint density at radius 3 is 1.24 bits per heavy atom. The van der Waals surface area contributed by atoms with Crippen molar-refractivity contribution in [1.29, 1.82) is 0 Å². The van der Waals surface area contributed by atoms with Gasteiger partial charge in [-0.3, -0.25) is 47.9 Å². The van der Waals surface area contributed by atoms with E-state index in [2.05, 4.69) is 31.7 Å². The van der Waals surface area contributed by atoms with Crippen molar-refractivity contribution in [2.75, 3.05) is 106 Å². The normalized spacial score (nSPS) is 26.5. The van der Waals surface area contributed by atoms with Gasteiger partial charge < -0.3 is 125 Å². The summed E-state index contributed by atoms with van der Waals surface area (Å²) >= 11 is 0. The summed E-state index contributed by atoms with van der Waals surface area (Å²) < 4.78 is 58.7. The maximum absolute atomic E-state index is 14.1. The van der Waals surface area contributed by atoms with E-state index in [4.69, 9.17) is 52.2 Å². The van der Waals surface area contributed by atoms with Gasteiger partial charge in [0.1, 0.15) is 64.8 Å². The van der Waals surface area contributed by atoms with Gasteiger partial charge in [0, 0.05) is 153 Å². The van der Waals surface area contributed by atoms with Crippen molar-refractivity contribution in [3.63, 3.8) is 0 Å². The number of aliphatic hydroxyl groups is 9.